The molecule has 1 aromatic heterocycles. The monoisotopic (exact) mass is 218 g/mol. The first-order valence-electron chi connectivity index (χ1n) is 5.55. The third-order valence-corrected chi connectivity index (χ3v) is 2.82. The Morgan fingerprint density at radius 1 is 1.31 bits per heavy atom. The fourth-order valence-electron chi connectivity index (χ4n) is 2.19. The van der Waals surface area contributed by atoms with Crippen molar-refractivity contribution in [2.75, 3.05) is 0 Å². The van der Waals surface area contributed by atoms with Crippen molar-refractivity contribution in [3.05, 3.63) is 35.5 Å². The fraction of sp³-hybridized carbons (Fsp3) is 0.385. The molecule has 0 radical (unpaired) electrons. The van der Waals surface area contributed by atoms with Crippen LogP contribution < -0.4 is 5.90 Å². The first-order valence-corrected chi connectivity index (χ1v) is 5.55. The number of rotatable bonds is 3. The molecule has 0 atom stereocenters. The van der Waals surface area contributed by atoms with Crippen LogP contribution in [0.15, 0.2) is 24.3 Å². The molecule has 0 aliphatic heterocycles. The van der Waals surface area contributed by atoms with Crippen LogP contribution in [0.2, 0.25) is 0 Å². The highest BCUT2D eigenvalue weighted by molar-refractivity contribution is 5.82. The molecule has 86 valence electrons. The number of nitrogens with zero attached hydrogens (tertiary/aromatic N) is 1. The Morgan fingerprint density at radius 2 is 2.06 bits per heavy atom. The average Bonchev–Trinajstić information content (AvgIpc) is 2.55. The fourth-order valence-corrected chi connectivity index (χ4v) is 2.19. The van der Waals surface area contributed by atoms with Crippen LogP contribution in [0.1, 0.15) is 31.1 Å². The number of hydrogen-bond acceptors (Lipinski definition) is 2. The summed E-state index contributed by atoms with van der Waals surface area (Å²) in [6.07, 6.45) is 0. The number of aryl methyl sites for hydroxylation is 1. The highest BCUT2D eigenvalue weighted by Gasteiger charge is 2.11. The maximum absolute atomic E-state index is 5.17. The molecule has 0 unspecified atom stereocenters. The van der Waals surface area contributed by atoms with Crippen molar-refractivity contribution in [3.8, 4) is 0 Å². The Balaban J connectivity index is 2.67. The van der Waals surface area contributed by atoms with Gasteiger partial charge in [-0.2, -0.15) is 0 Å². The van der Waals surface area contributed by atoms with E-state index in [2.05, 4.69) is 49.6 Å². The van der Waals surface area contributed by atoms with E-state index in [0.717, 1.165) is 5.69 Å². The van der Waals surface area contributed by atoms with Gasteiger partial charge < -0.3 is 4.57 Å². The second-order valence-corrected chi connectivity index (χ2v) is 4.47. The minimum absolute atomic E-state index is 0.407. The zero-order valence-corrected chi connectivity index (χ0v) is 10.0. The molecule has 2 aromatic rings. The SMILES string of the molecule is Cc1ccc2cc(CON)n(C(C)C)c2c1. The summed E-state index contributed by atoms with van der Waals surface area (Å²) in [5.74, 6) is 5.17. The summed E-state index contributed by atoms with van der Waals surface area (Å²) < 4.78 is 2.27. The molecular weight excluding hydrogens is 200 g/mol. The molecule has 0 spiro atoms. The van der Waals surface area contributed by atoms with Crippen molar-refractivity contribution in [1.82, 2.24) is 4.57 Å². The van der Waals surface area contributed by atoms with Gasteiger partial charge in [0.1, 0.15) is 6.61 Å². The molecule has 1 heterocycles. The van der Waals surface area contributed by atoms with Gasteiger partial charge in [-0.25, -0.2) is 5.90 Å². The van der Waals surface area contributed by atoms with E-state index in [1.807, 2.05) is 0 Å². The molecule has 2 rings (SSSR count). The number of hydrogen-bond donors (Lipinski definition) is 1. The second-order valence-electron chi connectivity index (χ2n) is 4.47. The van der Waals surface area contributed by atoms with Crippen molar-refractivity contribution >= 4 is 10.9 Å². The summed E-state index contributed by atoms with van der Waals surface area (Å²) in [5, 5.41) is 1.24. The van der Waals surface area contributed by atoms with Crippen LogP contribution in [0.3, 0.4) is 0 Å². The summed E-state index contributed by atoms with van der Waals surface area (Å²) in [4.78, 5) is 4.76. The Morgan fingerprint density at radius 3 is 2.69 bits per heavy atom. The Bertz CT molecular complexity index is 500. The topological polar surface area (TPSA) is 40.2 Å². The molecule has 3 nitrogen and oxygen atoms in total. The highest BCUT2D eigenvalue weighted by Crippen LogP contribution is 2.25. The van der Waals surface area contributed by atoms with E-state index in [9.17, 15) is 0 Å². The van der Waals surface area contributed by atoms with Crippen LogP contribution >= 0.6 is 0 Å². The van der Waals surface area contributed by atoms with Gasteiger partial charge in [0.25, 0.3) is 0 Å². The maximum atomic E-state index is 5.17. The second kappa shape index (κ2) is 4.28. The van der Waals surface area contributed by atoms with Crippen molar-refractivity contribution < 1.29 is 4.84 Å². The van der Waals surface area contributed by atoms with Crippen LogP contribution in [0, 0.1) is 6.92 Å². The minimum Gasteiger partial charge on any atom is -0.340 e. The zero-order chi connectivity index (χ0) is 11.7. The molecule has 0 saturated heterocycles. The van der Waals surface area contributed by atoms with Gasteiger partial charge in [-0.1, -0.05) is 12.1 Å². The number of benzene rings is 1. The van der Waals surface area contributed by atoms with Gasteiger partial charge in [0, 0.05) is 17.3 Å². The molecule has 1 aromatic carbocycles. The van der Waals surface area contributed by atoms with Gasteiger partial charge in [0.2, 0.25) is 0 Å². The van der Waals surface area contributed by atoms with Crippen molar-refractivity contribution in [3.63, 3.8) is 0 Å². The Kier molecular flexibility index (Phi) is 2.99. The summed E-state index contributed by atoms with van der Waals surface area (Å²) in [5.41, 5.74) is 3.65. The third-order valence-electron chi connectivity index (χ3n) is 2.82. The first-order chi connectivity index (χ1) is 7.63. The van der Waals surface area contributed by atoms with Crippen LogP contribution in [0.4, 0.5) is 0 Å². The van der Waals surface area contributed by atoms with E-state index in [0.29, 0.717) is 12.6 Å². The normalized spacial score (nSPS) is 11.6. The number of nitrogens with two attached hydrogens (primary N) is 1. The maximum Gasteiger partial charge on any atom is 0.108 e. The Hall–Kier alpha value is -1.32. The van der Waals surface area contributed by atoms with E-state index in [4.69, 9.17) is 10.7 Å². The van der Waals surface area contributed by atoms with E-state index in [1.54, 1.807) is 0 Å². The summed E-state index contributed by atoms with van der Waals surface area (Å²) >= 11 is 0. The molecular formula is C13H18N2O. The van der Waals surface area contributed by atoms with Crippen molar-refractivity contribution in [2.24, 2.45) is 5.90 Å². The van der Waals surface area contributed by atoms with Gasteiger partial charge >= 0.3 is 0 Å². The number of fused-ring (bicyclic) bond motifs is 1. The van der Waals surface area contributed by atoms with Gasteiger partial charge in [0.05, 0.1) is 0 Å². The number of aromatic nitrogens is 1. The minimum atomic E-state index is 0.407. The van der Waals surface area contributed by atoms with Crippen LogP contribution in [-0.4, -0.2) is 4.57 Å². The van der Waals surface area contributed by atoms with Crippen LogP contribution in [0.25, 0.3) is 10.9 Å². The van der Waals surface area contributed by atoms with Gasteiger partial charge in [-0.05, 0) is 43.9 Å². The Labute approximate surface area is 95.8 Å². The lowest BCUT2D eigenvalue weighted by Gasteiger charge is -2.14. The molecule has 0 amide bonds. The van der Waals surface area contributed by atoms with E-state index >= 15 is 0 Å². The van der Waals surface area contributed by atoms with E-state index in [-0.39, 0.29) is 0 Å². The summed E-state index contributed by atoms with van der Waals surface area (Å²) in [6, 6.07) is 9.02. The lowest BCUT2D eigenvalue weighted by molar-refractivity contribution is 0.118. The third kappa shape index (κ3) is 1.84. The highest BCUT2D eigenvalue weighted by atomic mass is 16.6. The van der Waals surface area contributed by atoms with Gasteiger partial charge in [0.15, 0.2) is 0 Å². The molecule has 2 N–H and O–H groups in total. The quantitative estimate of drug-likeness (QED) is 0.805. The lowest BCUT2D eigenvalue weighted by Crippen LogP contribution is -2.08. The first kappa shape index (κ1) is 11.2. The smallest absolute Gasteiger partial charge is 0.108 e. The van der Waals surface area contributed by atoms with Crippen molar-refractivity contribution in [1.29, 1.82) is 0 Å². The molecule has 0 aliphatic rings. The van der Waals surface area contributed by atoms with Crippen LogP contribution in [0.5, 0.6) is 0 Å². The zero-order valence-electron chi connectivity index (χ0n) is 10.0. The standard InChI is InChI=1S/C13H18N2O/c1-9(2)15-12(8-16-14)7-11-5-4-10(3)6-13(11)15/h4-7,9H,8,14H2,1-3H3. The molecule has 0 bridgehead atoms. The molecule has 16 heavy (non-hydrogen) atoms. The van der Waals surface area contributed by atoms with E-state index in [1.165, 1.54) is 16.5 Å². The molecule has 0 saturated carbocycles. The van der Waals surface area contributed by atoms with Gasteiger partial charge in [-0.3, -0.25) is 4.84 Å². The van der Waals surface area contributed by atoms with Crippen molar-refractivity contribution in [2.45, 2.75) is 33.4 Å². The predicted molar refractivity (Wildman–Crippen MR) is 66.0 cm³/mol. The summed E-state index contributed by atoms with van der Waals surface area (Å²) in [7, 11) is 0. The largest absolute Gasteiger partial charge is 0.340 e. The van der Waals surface area contributed by atoms with Gasteiger partial charge in [-0.15, -0.1) is 0 Å². The molecule has 3 heteroatoms. The molecule has 0 fully saturated rings. The van der Waals surface area contributed by atoms with E-state index < -0.39 is 0 Å². The summed E-state index contributed by atoms with van der Waals surface area (Å²) in [6.45, 7) is 6.89. The predicted octanol–water partition coefficient (Wildman–Crippen LogP) is 2.92. The lowest BCUT2D eigenvalue weighted by atomic mass is 10.2. The molecule has 0 aliphatic carbocycles. The average molecular weight is 218 g/mol. The van der Waals surface area contributed by atoms with Crippen LogP contribution in [-0.2, 0) is 11.4 Å².